The van der Waals surface area contributed by atoms with Crippen LogP contribution in [0.3, 0.4) is 0 Å². The molecule has 1 aromatic rings. The molecule has 0 aliphatic heterocycles. The molecule has 0 fully saturated rings. The minimum Gasteiger partial charge on any atom is -0.340 e. The molecule has 0 bridgehead atoms. The van der Waals surface area contributed by atoms with E-state index in [1.54, 1.807) is 0 Å². The second-order valence-corrected chi connectivity index (χ2v) is 4.12. The van der Waals surface area contributed by atoms with E-state index in [4.69, 9.17) is 0 Å². The first-order valence-corrected chi connectivity index (χ1v) is 5.61. The molecule has 0 amide bonds. The maximum Gasteiger partial charge on any atom is 0.266 e. The molecule has 0 saturated heterocycles. The van der Waals surface area contributed by atoms with E-state index < -0.39 is 0 Å². The first-order valence-electron chi connectivity index (χ1n) is 1.80. The Balaban J connectivity index is 3.06. The maximum atomic E-state index is 4.53. The van der Waals surface area contributed by atoms with Crippen molar-refractivity contribution in [2.75, 3.05) is 0 Å². The van der Waals surface area contributed by atoms with Gasteiger partial charge in [-0.1, -0.05) is 0 Å². The predicted octanol–water partition coefficient (Wildman–Crippen LogP) is -0.269. The van der Waals surface area contributed by atoms with Crippen LogP contribution in [-0.2, 0) is 0 Å². The largest absolute Gasteiger partial charge is 0.340 e. The normalized spacial score (nSPS) is 8.00. The highest BCUT2D eigenvalue weighted by molar-refractivity contribution is 6.74. The fraction of sp³-hybridized carbons (Fsp3) is 0. The predicted molar refractivity (Wildman–Crippen MR) is 26.4 cm³/mol. The van der Waals surface area contributed by atoms with E-state index in [2.05, 4.69) is 13.6 Å². The molecule has 0 unspecified atom stereocenters. The van der Waals surface area contributed by atoms with E-state index in [1.165, 1.54) is 6.26 Å². The van der Waals surface area contributed by atoms with Gasteiger partial charge in [0.1, 0.15) is 6.26 Å². The monoisotopic (exact) mass is 132 g/mol. The van der Waals surface area contributed by atoms with Crippen LogP contribution >= 0.6 is 0 Å². The van der Waals surface area contributed by atoms with Crippen molar-refractivity contribution in [1.82, 2.24) is 0 Å². The molecule has 0 aliphatic carbocycles. The van der Waals surface area contributed by atoms with Crippen LogP contribution in [0.5, 0.6) is 0 Å². The average molecular weight is 132 g/mol. The van der Waals surface area contributed by atoms with Crippen LogP contribution in [0.25, 0.3) is 0 Å². The second-order valence-electron chi connectivity index (χ2n) is 0.918. The Morgan fingerprint density at radius 2 is 2.43 bits per heavy atom. The van der Waals surface area contributed by atoms with E-state index >= 15 is 0 Å². The Kier molecular flexibility index (Phi) is 1.82. The van der Waals surface area contributed by atoms with Gasteiger partial charge in [0.25, 0.3) is 8.88 Å². The Morgan fingerprint density at radius 1 is 1.43 bits per heavy atom. The quantitative estimate of drug-likeness (QED) is 0.360. The molecule has 5 heteroatoms. The summed E-state index contributed by atoms with van der Waals surface area (Å²) in [6, 6.07) is 0. The lowest BCUT2D eigenvalue weighted by molar-refractivity contribution is -0.156. The third-order valence-electron chi connectivity index (χ3n) is 0.458. The Hall–Kier alpha value is -0.426. The summed E-state index contributed by atoms with van der Waals surface area (Å²) in [4.78, 5) is 0. The Morgan fingerprint density at radius 3 is 3.43 bits per heavy atom. The van der Waals surface area contributed by atoms with Crippen LogP contribution in [-0.4, -0.2) is 17.5 Å². The van der Waals surface area contributed by atoms with Gasteiger partial charge in [0.2, 0.25) is 0 Å². The van der Waals surface area contributed by atoms with E-state index in [1.807, 2.05) is 5.68 Å². The van der Waals surface area contributed by atoms with Gasteiger partial charge in [0.15, 0.2) is 0 Å². The molecule has 0 N–H and O–H groups in total. The molecular formula is C2H4O3Si2. The molecule has 1 aromatic heterocycles. The minimum absolute atomic E-state index is 0.0336. The van der Waals surface area contributed by atoms with Crippen molar-refractivity contribution in [2.45, 2.75) is 0 Å². The fourth-order valence-electron chi connectivity index (χ4n) is 0.223. The molecule has 0 radical (unpaired) electrons. The standard InChI is InChI=1S/C2H4O3Si2/c1-2-6-7-5-4-3-1/h1-2,6-7H. The molecule has 1 rings (SSSR count). The lowest BCUT2D eigenvalue weighted by Crippen LogP contribution is -1.66. The van der Waals surface area contributed by atoms with Gasteiger partial charge >= 0.3 is 0 Å². The number of rotatable bonds is 0. The lowest BCUT2D eigenvalue weighted by Gasteiger charge is -1.61. The van der Waals surface area contributed by atoms with Crippen molar-refractivity contribution in [3.05, 3.63) is 11.9 Å². The topological polar surface area (TPSA) is 39.4 Å². The highest BCUT2D eigenvalue weighted by Gasteiger charge is 1.63. The summed E-state index contributed by atoms with van der Waals surface area (Å²) in [5.74, 6) is 0. The zero-order valence-corrected chi connectivity index (χ0v) is 5.84. The first kappa shape index (κ1) is 4.73. The van der Waals surface area contributed by atoms with Crippen molar-refractivity contribution in [2.24, 2.45) is 0 Å². The van der Waals surface area contributed by atoms with Gasteiger partial charge in [0.05, 0.1) is 8.62 Å². The Bertz CT molecular complexity index is 98.9. The van der Waals surface area contributed by atoms with Crippen molar-refractivity contribution in [3.8, 4) is 0 Å². The molecule has 0 aliphatic rings. The van der Waals surface area contributed by atoms with Gasteiger partial charge in [-0.15, -0.1) is 4.74 Å². The van der Waals surface area contributed by atoms with Crippen LogP contribution in [0.2, 0.25) is 0 Å². The third-order valence-corrected chi connectivity index (χ3v) is 2.66. The van der Waals surface area contributed by atoms with E-state index in [9.17, 15) is 0 Å². The molecular weight excluding hydrogens is 128 g/mol. The maximum absolute atomic E-state index is 4.53. The SMILES string of the molecule is c1c[siH][siH]ooo1. The highest BCUT2D eigenvalue weighted by Crippen LogP contribution is 1.69. The summed E-state index contributed by atoms with van der Waals surface area (Å²) < 4.78 is 13.0. The van der Waals surface area contributed by atoms with Gasteiger partial charge < -0.3 is 4.26 Å². The summed E-state index contributed by atoms with van der Waals surface area (Å²) in [7, 11) is 0.348. The summed E-state index contributed by atoms with van der Waals surface area (Å²) in [6.45, 7) is 0. The molecule has 0 atom stereocenters. The van der Waals surface area contributed by atoms with Crippen LogP contribution in [0.15, 0.2) is 25.5 Å². The first-order chi connectivity index (χ1) is 3.50. The molecule has 3 nitrogen and oxygen atoms in total. The minimum atomic E-state index is 0.0336. The molecule has 0 spiro atoms. The molecule has 1 heterocycles. The summed E-state index contributed by atoms with van der Waals surface area (Å²) >= 11 is 0. The van der Waals surface area contributed by atoms with Crippen molar-refractivity contribution >= 4 is 17.5 Å². The zero-order chi connectivity index (χ0) is 4.95. The van der Waals surface area contributed by atoms with E-state index in [-0.39, 0.29) is 8.88 Å². The van der Waals surface area contributed by atoms with Gasteiger partial charge in [-0.2, -0.15) is 0 Å². The summed E-state index contributed by atoms with van der Waals surface area (Å²) in [5.41, 5.74) is 1.95. The van der Waals surface area contributed by atoms with Gasteiger partial charge in [-0.25, -0.2) is 0 Å². The third kappa shape index (κ3) is 1.65. The van der Waals surface area contributed by atoms with Crippen LogP contribution in [0.1, 0.15) is 0 Å². The second kappa shape index (κ2) is 2.70. The fourth-order valence-corrected chi connectivity index (χ4v) is 1.50. The zero-order valence-electron chi connectivity index (χ0n) is 3.53. The van der Waals surface area contributed by atoms with Crippen molar-refractivity contribution < 1.29 is 13.6 Å². The van der Waals surface area contributed by atoms with Crippen LogP contribution in [0, 0.1) is 0 Å². The molecule has 0 saturated carbocycles. The van der Waals surface area contributed by atoms with E-state index in [0.717, 1.165) is 0 Å². The number of hydrogen-bond donors (Lipinski definition) is 0. The van der Waals surface area contributed by atoms with Crippen molar-refractivity contribution in [1.29, 1.82) is 0 Å². The lowest BCUT2D eigenvalue weighted by atomic mass is 11.1. The summed E-state index contributed by atoms with van der Waals surface area (Å²) in [6.07, 6.45) is 1.51. The van der Waals surface area contributed by atoms with E-state index in [0.29, 0.717) is 8.62 Å². The van der Waals surface area contributed by atoms with Gasteiger partial charge in [-0.05, 0) is 5.68 Å². The summed E-state index contributed by atoms with van der Waals surface area (Å²) in [5, 5.41) is 0. The molecule has 38 valence electrons. The van der Waals surface area contributed by atoms with Crippen LogP contribution in [0.4, 0.5) is 0 Å². The molecule has 0 aromatic carbocycles. The smallest absolute Gasteiger partial charge is 0.266 e. The highest BCUT2D eigenvalue weighted by atomic mass is 28.9. The van der Waals surface area contributed by atoms with Gasteiger partial charge in [-0.3, -0.25) is 4.58 Å². The average Bonchev–Trinajstić information content (AvgIpc) is 1.90. The van der Waals surface area contributed by atoms with Gasteiger partial charge in [0, 0.05) is 0 Å². The van der Waals surface area contributed by atoms with Crippen LogP contribution < -0.4 is 0 Å². The number of hydrogen-bond acceptors (Lipinski definition) is 3. The molecule has 7 heavy (non-hydrogen) atoms. The van der Waals surface area contributed by atoms with Crippen molar-refractivity contribution in [3.63, 3.8) is 0 Å². The Labute approximate surface area is 43.9 Å².